The van der Waals surface area contributed by atoms with Gasteiger partial charge in [0.2, 0.25) is 10.9 Å². The molecule has 4 nitrogen and oxygen atoms in total. The standard InChI is InChI=1S/C14H6O4/c15-11-9-6-5-7-3-1-2-4-8(7)10(9)12(16)14(18)13(11)17/h1-6H. The second-order valence-corrected chi connectivity index (χ2v) is 4.03. The van der Waals surface area contributed by atoms with Crippen LogP contribution in [0.15, 0.2) is 55.6 Å². The third-order valence-electron chi connectivity index (χ3n) is 3.02. The van der Waals surface area contributed by atoms with E-state index in [1.165, 1.54) is 6.07 Å². The highest BCUT2D eigenvalue weighted by atomic mass is 16.2. The maximum absolute atomic E-state index is 11.9. The molecule has 3 aromatic carbocycles. The molecule has 0 radical (unpaired) electrons. The molecule has 3 rings (SSSR count). The Balaban J connectivity index is 2.86. The lowest BCUT2D eigenvalue weighted by Gasteiger charge is -2.00. The molecular weight excluding hydrogens is 232 g/mol. The number of hydrogen-bond acceptors (Lipinski definition) is 4. The molecule has 0 bridgehead atoms. The summed E-state index contributed by atoms with van der Waals surface area (Å²) in [6, 6.07) is 10.00. The van der Waals surface area contributed by atoms with E-state index >= 15 is 0 Å². The van der Waals surface area contributed by atoms with E-state index in [0.717, 1.165) is 5.39 Å². The molecule has 18 heavy (non-hydrogen) atoms. The Bertz CT molecular complexity index is 992. The van der Waals surface area contributed by atoms with Gasteiger partial charge in [-0.05, 0) is 16.8 Å². The van der Waals surface area contributed by atoms with E-state index in [-0.39, 0.29) is 10.8 Å². The maximum Gasteiger partial charge on any atom is 0.277 e. The fourth-order valence-electron chi connectivity index (χ4n) is 2.15. The van der Waals surface area contributed by atoms with E-state index in [9.17, 15) is 19.2 Å². The van der Waals surface area contributed by atoms with Gasteiger partial charge in [-0.25, -0.2) is 0 Å². The molecular formula is C14H6O4. The molecule has 0 spiro atoms. The van der Waals surface area contributed by atoms with Crippen LogP contribution in [0.1, 0.15) is 0 Å². The van der Waals surface area contributed by atoms with Crippen molar-refractivity contribution in [3.63, 3.8) is 0 Å². The molecule has 86 valence electrons. The van der Waals surface area contributed by atoms with E-state index < -0.39 is 21.7 Å². The van der Waals surface area contributed by atoms with Crippen LogP contribution in [0.3, 0.4) is 0 Å². The summed E-state index contributed by atoms with van der Waals surface area (Å²) in [6.07, 6.45) is 0. The monoisotopic (exact) mass is 238 g/mol. The van der Waals surface area contributed by atoms with E-state index in [1.807, 2.05) is 0 Å². The summed E-state index contributed by atoms with van der Waals surface area (Å²) < 4.78 is 0. The van der Waals surface area contributed by atoms with Crippen LogP contribution in [-0.4, -0.2) is 0 Å². The van der Waals surface area contributed by atoms with Gasteiger partial charge in [0.15, 0.2) is 0 Å². The van der Waals surface area contributed by atoms with Crippen molar-refractivity contribution < 1.29 is 0 Å². The van der Waals surface area contributed by atoms with Crippen molar-refractivity contribution in [3.05, 3.63) is 77.3 Å². The predicted molar refractivity (Wildman–Crippen MR) is 68.9 cm³/mol. The Morgan fingerprint density at radius 2 is 1.22 bits per heavy atom. The summed E-state index contributed by atoms with van der Waals surface area (Å²) in [5, 5.41) is 1.33. The minimum absolute atomic E-state index is 0.0169. The zero-order chi connectivity index (χ0) is 12.9. The van der Waals surface area contributed by atoms with E-state index in [2.05, 4.69) is 0 Å². The van der Waals surface area contributed by atoms with Crippen LogP contribution in [0.2, 0.25) is 0 Å². The van der Waals surface area contributed by atoms with Crippen molar-refractivity contribution in [1.82, 2.24) is 0 Å². The van der Waals surface area contributed by atoms with Gasteiger partial charge in [0.25, 0.3) is 10.9 Å². The van der Waals surface area contributed by atoms with Gasteiger partial charge in [-0.3, -0.25) is 19.2 Å². The molecule has 0 amide bonds. The minimum Gasteiger partial charge on any atom is -0.285 e. The molecule has 0 fully saturated rings. The average Bonchev–Trinajstić information content (AvgIpc) is 2.41. The van der Waals surface area contributed by atoms with Crippen molar-refractivity contribution in [3.8, 4) is 0 Å². The second-order valence-electron chi connectivity index (χ2n) is 4.03. The Labute approximate surface area is 99.4 Å². The summed E-state index contributed by atoms with van der Waals surface area (Å²) in [4.78, 5) is 46.3. The van der Waals surface area contributed by atoms with Gasteiger partial charge in [0.1, 0.15) is 0 Å². The average molecular weight is 238 g/mol. The Kier molecular flexibility index (Phi) is 2.01. The van der Waals surface area contributed by atoms with Gasteiger partial charge in [-0.1, -0.05) is 30.3 Å². The molecule has 0 saturated heterocycles. The zero-order valence-corrected chi connectivity index (χ0v) is 9.10. The number of rotatable bonds is 0. The van der Waals surface area contributed by atoms with Gasteiger partial charge in [-0.2, -0.15) is 0 Å². The molecule has 0 aliphatic heterocycles. The van der Waals surface area contributed by atoms with Gasteiger partial charge >= 0.3 is 0 Å². The maximum atomic E-state index is 11.9. The van der Waals surface area contributed by atoms with Crippen LogP contribution < -0.4 is 21.7 Å². The SMILES string of the molecule is O=c1c(=O)c(=O)c2c(ccc3ccccc32)c1=O. The summed E-state index contributed by atoms with van der Waals surface area (Å²) in [7, 11) is 0. The highest BCUT2D eigenvalue weighted by molar-refractivity contribution is 6.07. The first-order chi connectivity index (χ1) is 8.61. The molecule has 0 unspecified atom stereocenters. The molecule has 0 aliphatic rings. The molecule has 0 N–H and O–H groups in total. The van der Waals surface area contributed by atoms with Crippen LogP contribution >= 0.6 is 0 Å². The van der Waals surface area contributed by atoms with Crippen molar-refractivity contribution in [2.24, 2.45) is 0 Å². The minimum atomic E-state index is -1.25. The predicted octanol–water partition coefficient (Wildman–Crippen LogP) is 0.309. The number of hydrogen-bond donors (Lipinski definition) is 0. The van der Waals surface area contributed by atoms with Crippen LogP contribution in [0.4, 0.5) is 0 Å². The van der Waals surface area contributed by atoms with Crippen molar-refractivity contribution in [2.45, 2.75) is 0 Å². The first-order valence-electron chi connectivity index (χ1n) is 5.30. The van der Waals surface area contributed by atoms with Crippen molar-refractivity contribution in [1.29, 1.82) is 0 Å². The molecule has 0 heterocycles. The first-order valence-corrected chi connectivity index (χ1v) is 5.30. The zero-order valence-electron chi connectivity index (χ0n) is 9.10. The quantitative estimate of drug-likeness (QED) is 0.417. The summed E-state index contributed by atoms with van der Waals surface area (Å²) >= 11 is 0. The van der Waals surface area contributed by atoms with E-state index in [4.69, 9.17) is 0 Å². The molecule has 0 aromatic heterocycles. The Hall–Kier alpha value is -2.62. The van der Waals surface area contributed by atoms with Crippen LogP contribution in [-0.2, 0) is 0 Å². The number of fused-ring (bicyclic) bond motifs is 3. The fourth-order valence-corrected chi connectivity index (χ4v) is 2.15. The third-order valence-corrected chi connectivity index (χ3v) is 3.02. The van der Waals surface area contributed by atoms with Gasteiger partial charge in [-0.15, -0.1) is 0 Å². The lowest BCUT2D eigenvalue weighted by molar-refractivity contribution is 1.40. The van der Waals surface area contributed by atoms with Crippen molar-refractivity contribution >= 4 is 21.5 Å². The van der Waals surface area contributed by atoms with E-state index in [1.54, 1.807) is 30.3 Å². The lowest BCUT2D eigenvalue weighted by Crippen LogP contribution is -2.46. The normalized spacial score (nSPS) is 11.1. The highest BCUT2D eigenvalue weighted by Crippen LogP contribution is 2.19. The van der Waals surface area contributed by atoms with E-state index in [0.29, 0.717) is 5.39 Å². The lowest BCUT2D eigenvalue weighted by atomic mass is 10.0. The summed E-state index contributed by atoms with van der Waals surface area (Å²) in [5.74, 6) is 0. The summed E-state index contributed by atoms with van der Waals surface area (Å²) in [5.41, 5.74) is -4.29. The van der Waals surface area contributed by atoms with Gasteiger partial charge < -0.3 is 0 Å². The molecule has 4 heteroatoms. The smallest absolute Gasteiger partial charge is 0.277 e. The highest BCUT2D eigenvalue weighted by Gasteiger charge is 2.14. The van der Waals surface area contributed by atoms with Crippen LogP contribution in [0.25, 0.3) is 21.5 Å². The first kappa shape index (κ1) is 10.5. The van der Waals surface area contributed by atoms with Crippen LogP contribution in [0, 0.1) is 0 Å². The molecule has 3 aromatic rings. The molecule has 0 aliphatic carbocycles. The largest absolute Gasteiger partial charge is 0.285 e. The van der Waals surface area contributed by atoms with Crippen molar-refractivity contribution in [2.75, 3.05) is 0 Å². The fraction of sp³-hybridized carbons (Fsp3) is 0. The Morgan fingerprint density at radius 3 is 2.00 bits per heavy atom. The molecule has 0 atom stereocenters. The van der Waals surface area contributed by atoms with Gasteiger partial charge in [0.05, 0.1) is 0 Å². The van der Waals surface area contributed by atoms with Crippen LogP contribution in [0.5, 0.6) is 0 Å². The third kappa shape index (κ3) is 1.20. The van der Waals surface area contributed by atoms with Gasteiger partial charge in [0, 0.05) is 10.8 Å². The topological polar surface area (TPSA) is 68.3 Å². The number of benzene rings is 3. The Morgan fingerprint density at radius 1 is 0.556 bits per heavy atom. The molecule has 0 saturated carbocycles. The second kappa shape index (κ2) is 3.43. The summed E-state index contributed by atoms with van der Waals surface area (Å²) in [6.45, 7) is 0.